The van der Waals surface area contributed by atoms with Gasteiger partial charge in [-0.3, -0.25) is 9.59 Å². The smallest absolute Gasteiger partial charge is 0.391 e. The average molecular weight is 338 g/mol. The minimum absolute atomic E-state index is 0.0287. The summed E-state index contributed by atoms with van der Waals surface area (Å²) in [6, 6.07) is 6.26. The number of Topliss-reactive ketones (excluding diaryl/α,β-unsaturated/α-hetero) is 2. The van der Waals surface area contributed by atoms with Crippen LogP contribution >= 0.6 is 0 Å². The lowest BCUT2D eigenvalue weighted by Crippen LogP contribution is -2.29. The van der Waals surface area contributed by atoms with Gasteiger partial charge in [0.25, 0.3) is 0 Å². The maximum absolute atomic E-state index is 12.7. The summed E-state index contributed by atoms with van der Waals surface area (Å²) in [6.07, 6.45) is -3.30. The molecule has 1 aromatic carbocycles. The van der Waals surface area contributed by atoms with Crippen LogP contribution in [0.25, 0.3) is 0 Å². The van der Waals surface area contributed by atoms with Crippen molar-refractivity contribution in [1.29, 1.82) is 0 Å². The normalized spacial score (nSPS) is 25.0. The summed E-state index contributed by atoms with van der Waals surface area (Å²) in [7, 11) is 0. The molecule has 0 heterocycles. The zero-order valence-corrected chi connectivity index (χ0v) is 12.9. The molecule has 2 aliphatic carbocycles. The number of alkyl halides is 3. The molecule has 0 aliphatic heterocycles. The SMILES string of the molecule is O=C1C(O)=C(CC2CCC(C(F)(F)F)CC2)C(=O)c2ccccc21. The molecule has 1 aromatic rings. The molecule has 3 rings (SSSR count). The highest BCUT2D eigenvalue weighted by Crippen LogP contribution is 2.42. The standard InChI is InChI=1S/C18H17F3O3/c19-18(20,21)11-7-5-10(6-8-11)9-14-15(22)12-3-1-2-4-13(12)16(23)17(14)24/h1-4,10-11,24H,5-9H2. The van der Waals surface area contributed by atoms with Crippen molar-refractivity contribution in [2.24, 2.45) is 11.8 Å². The Labute approximate surface area is 137 Å². The van der Waals surface area contributed by atoms with Crippen molar-refractivity contribution in [2.45, 2.75) is 38.3 Å². The molecular weight excluding hydrogens is 321 g/mol. The molecule has 128 valence electrons. The molecule has 1 saturated carbocycles. The number of aliphatic hydroxyl groups excluding tert-OH is 1. The van der Waals surface area contributed by atoms with Crippen LogP contribution in [0.2, 0.25) is 0 Å². The van der Waals surface area contributed by atoms with Crippen molar-refractivity contribution in [2.75, 3.05) is 0 Å². The third-order valence-electron chi connectivity index (χ3n) is 4.99. The van der Waals surface area contributed by atoms with Gasteiger partial charge in [0.05, 0.1) is 5.92 Å². The lowest BCUT2D eigenvalue weighted by atomic mass is 9.76. The Morgan fingerprint density at radius 2 is 1.50 bits per heavy atom. The lowest BCUT2D eigenvalue weighted by Gasteiger charge is -2.30. The second-order valence-corrected chi connectivity index (χ2v) is 6.49. The minimum Gasteiger partial charge on any atom is -0.504 e. The third kappa shape index (κ3) is 2.97. The maximum Gasteiger partial charge on any atom is 0.391 e. The van der Waals surface area contributed by atoms with Crippen LogP contribution in [0.3, 0.4) is 0 Å². The third-order valence-corrected chi connectivity index (χ3v) is 4.99. The van der Waals surface area contributed by atoms with Gasteiger partial charge in [-0.25, -0.2) is 0 Å². The van der Waals surface area contributed by atoms with Gasteiger partial charge in [0.15, 0.2) is 11.5 Å². The first kappa shape index (κ1) is 16.7. The number of allylic oxidation sites excluding steroid dienone is 2. The topological polar surface area (TPSA) is 54.4 Å². The van der Waals surface area contributed by atoms with Crippen LogP contribution in [0.5, 0.6) is 0 Å². The number of aliphatic hydroxyl groups is 1. The first-order valence-corrected chi connectivity index (χ1v) is 7.96. The summed E-state index contributed by atoms with van der Waals surface area (Å²) >= 11 is 0. The molecule has 0 spiro atoms. The van der Waals surface area contributed by atoms with Gasteiger partial charge in [-0.2, -0.15) is 13.2 Å². The van der Waals surface area contributed by atoms with Gasteiger partial charge in [-0.1, -0.05) is 24.3 Å². The van der Waals surface area contributed by atoms with Crippen LogP contribution in [-0.4, -0.2) is 22.8 Å². The van der Waals surface area contributed by atoms with Gasteiger partial charge in [0.1, 0.15) is 0 Å². The quantitative estimate of drug-likeness (QED) is 0.855. The van der Waals surface area contributed by atoms with Gasteiger partial charge in [0, 0.05) is 16.7 Å². The molecular formula is C18H17F3O3. The first-order chi connectivity index (χ1) is 11.3. The minimum atomic E-state index is -4.18. The van der Waals surface area contributed by atoms with Crippen molar-refractivity contribution in [3.8, 4) is 0 Å². The van der Waals surface area contributed by atoms with Crippen molar-refractivity contribution in [3.63, 3.8) is 0 Å². The summed E-state index contributed by atoms with van der Waals surface area (Å²) in [5, 5.41) is 10.1. The number of hydrogen-bond donors (Lipinski definition) is 1. The molecule has 0 aromatic heterocycles. The van der Waals surface area contributed by atoms with Gasteiger partial charge >= 0.3 is 6.18 Å². The number of halogens is 3. The van der Waals surface area contributed by atoms with E-state index in [9.17, 15) is 27.9 Å². The summed E-state index contributed by atoms with van der Waals surface area (Å²) < 4.78 is 38.2. The molecule has 24 heavy (non-hydrogen) atoms. The van der Waals surface area contributed by atoms with Gasteiger partial charge in [-0.05, 0) is 38.0 Å². The van der Waals surface area contributed by atoms with Crippen LogP contribution in [-0.2, 0) is 0 Å². The van der Waals surface area contributed by atoms with Crippen molar-refractivity contribution < 1.29 is 27.9 Å². The highest BCUT2D eigenvalue weighted by atomic mass is 19.4. The number of ketones is 2. The van der Waals surface area contributed by atoms with E-state index in [0.717, 1.165) is 0 Å². The molecule has 0 amide bonds. The molecule has 6 heteroatoms. The highest BCUT2D eigenvalue weighted by Gasteiger charge is 2.42. The van der Waals surface area contributed by atoms with E-state index in [2.05, 4.69) is 0 Å². The number of benzene rings is 1. The molecule has 0 radical (unpaired) electrons. The zero-order valence-electron chi connectivity index (χ0n) is 12.9. The second kappa shape index (κ2) is 6.07. The predicted octanol–water partition coefficient (Wildman–Crippen LogP) is 4.64. The number of carbonyl (C=O) groups is 2. The van der Waals surface area contributed by atoms with E-state index in [1.165, 1.54) is 12.1 Å². The largest absolute Gasteiger partial charge is 0.504 e. The van der Waals surface area contributed by atoms with Crippen molar-refractivity contribution in [3.05, 3.63) is 46.7 Å². The monoisotopic (exact) mass is 338 g/mol. The number of carbonyl (C=O) groups excluding carboxylic acids is 2. The predicted molar refractivity (Wildman–Crippen MR) is 80.9 cm³/mol. The van der Waals surface area contributed by atoms with E-state index in [4.69, 9.17) is 0 Å². The molecule has 1 N–H and O–H groups in total. The highest BCUT2D eigenvalue weighted by molar-refractivity contribution is 6.25. The van der Waals surface area contributed by atoms with Crippen molar-refractivity contribution >= 4 is 11.6 Å². The van der Waals surface area contributed by atoms with Gasteiger partial charge in [-0.15, -0.1) is 0 Å². The molecule has 0 saturated heterocycles. The van der Waals surface area contributed by atoms with Crippen molar-refractivity contribution in [1.82, 2.24) is 0 Å². The Morgan fingerprint density at radius 1 is 0.958 bits per heavy atom. The number of hydrogen-bond acceptors (Lipinski definition) is 3. The van der Waals surface area contributed by atoms with E-state index < -0.39 is 29.4 Å². The number of rotatable bonds is 2. The molecule has 1 fully saturated rings. The number of fused-ring (bicyclic) bond motifs is 1. The van der Waals surface area contributed by atoms with Crippen LogP contribution < -0.4 is 0 Å². The Morgan fingerprint density at radius 3 is 2.04 bits per heavy atom. The van der Waals surface area contributed by atoms with E-state index in [0.29, 0.717) is 12.8 Å². The Bertz CT molecular complexity index is 710. The summed E-state index contributed by atoms with van der Waals surface area (Å²) in [6.45, 7) is 0. The fraction of sp³-hybridized carbons (Fsp3) is 0.444. The summed E-state index contributed by atoms with van der Waals surface area (Å²) in [4.78, 5) is 24.7. The van der Waals surface area contributed by atoms with Gasteiger partial charge in [0.2, 0.25) is 5.78 Å². The Hall–Kier alpha value is -2.11. The van der Waals surface area contributed by atoms with Crippen LogP contribution in [0.15, 0.2) is 35.6 Å². The second-order valence-electron chi connectivity index (χ2n) is 6.49. The van der Waals surface area contributed by atoms with Crippen LogP contribution in [0.1, 0.15) is 52.8 Å². The molecule has 0 unspecified atom stereocenters. The molecule has 0 atom stereocenters. The first-order valence-electron chi connectivity index (χ1n) is 7.96. The molecule has 3 nitrogen and oxygen atoms in total. The van der Waals surface area contributed by atoms with Crippen LogP contribution in [0.4, 0.5) is 13.2 Å². The van der Waals surface area contributed by atoms with E-state index in [-0.39, 0.29) is 41.9 Å². The zero-order chi connectivity index (χ0) is 17.5. The maximum atomic E-state index is 12.7. The molecule has 2 aliphatic rings. The average Bonchev–Trinajstić information content (AvgIpc) is 2.56. The van der Waals surface area contributed by atoms with E-state index in [1.54, 1.807) is 12.1 Å². The van der Waals surface area contributed by atoms with E-state index in [1.807, 2.05) is 0 Å². The lowest BCUT2D eigenvalue weighted by molar-refractivity contribution is -0.183. The summed E-state index contributed by atoms with van der Waals surface area (Å²) in [5.74, 6) is -2.97. The fourth-order valence-corrected chi connectivity index (χ4v) is 3.59. The fourth-order valence-electron chi connectivity index (χ4n) is 3.59. The summed E-state index contributed by atoms with van der Waals surface area (Å²) in [5.41, 5.74) is 0.456. The molecule has 0 bridgehead atoms. The Balaban J connectivity index is 1.76. The Kier molecular flexibility index (Phi) is 4.24. The van der Waals surface area contributed by atoms with Gasteiger partial charge < -0.3 is 5.11 Å². The van der Waals surface area contributed by atoms with E-state index >= 15 is 0 Å². The van der Waals surface area contributed by atoms with Crippen LogP contribution in [0, 0.1) is 11.8 Å².